The van der Waals surface area contributed by atoms with Crippen molar-refractivity contribution in [3.63, 3.8) is 0 Å². The van der Waals surface area contributed by atoms with Crippen LogP contribution in [0.5, 0.6) is 0 Å². The van der Waals surface area contributed by atoms with Crippen molar-refractivity contribution < 1.29 is 18.4 Å². The van der Waals surface area contributed by atoms with Crippen molar-refractivity contribution in [1.82, 2.24) is 4.90 Å². The maximum absolute atomic E-state index is 12.9. The molecule has 2 aliphatic rings. The predicted molar refractivity (Wildman–Crippen MR) is 101 cm³/mol. The van der Waals surface area contributed by atoms with Crippen molar-refractivity contribution in [3.8, 4) is 0 Å². The number of carbonyl (C=O) groups is 2. The molecule has 1 fully saturated rings. The average Bonchev–Trinajstić information content (AvgIpc) is 2.98. The summed E-state index contributed by atoms with van der Waals surface area (Å²) in [5.41, 5.74) is 1.13. The van der Waals surface area contributed by atoms with E-state index in [2.05, 4.69) is 20.8 Å². The highest BCUT2D eigenvalue weighted by molar-refractivity contribution is 6.03. The van der Waals surface area contributed by atoms with E-state index in [1.54, 1.807) is 18.9 Å². The largest absolute Gasteiger partial charge is 0.464 e. The fourth-order valence-electron chi connectivity index (χ4n) is 4.16. The molecule has 0 N–H and O–H groups in total. The molecule has 1 saturated carbocycles. The maximum atomic E-state index is 12.9. The summed E-state index contributed by atoms with van der Waals surface area (Å²) >= 11 is 0. The number of nitrogens with zero attached hydrogens (tertiary/aromatic N) is 1. The lowest BCUT2D eigenvalue weighted by molar-refractivity contribution is 0.0736. The van der Waals surface area contributed by atoms with Gasteiger partial charge in [-0.3, -0.25) is 9.59 Å². The molecule has 0 saturated heterocycles. The van der Waals surface area contributed by atoms with Gasteiger partial charge in [0.2, 0.25) is 0 Å². The van der Waals surface area contributed by atoms with Gasteiger partial charge in [-0.05, 0) is 36.8 Å². The molecular formula is C22H27NO4. The number of furan rings is 2. The Morgan fingerprint density at radius 3 is 2.63 bits per heavy atom. The summed E-state index contributed by atoms with van der Waals surface area (Å²) in [6.07, 6.45) is 2.33. The molecule has 2 aromatic rings. The molecular weight excluding hydrogens is 342 g/mol. The van der Waals surface area contributed by atoms with E-state index in [0.29, 0.717) is 48.1 Å². The second-order valence-corrected chi connectivity index (χ2v) is 9.08. The maximum Gasteiger partial charge on any atom is 0.290 e. The van der Waals surface area contributed by atoms with Crippen LogP contribution in [-0.4, -0.2) is 23.6 Å². The van der Waals surface area contributed by atoms with E-state index in [4.69, 9.17) is 8.83 Å². The van der Waals surface area contributed by atoms with Crippen molar-refractivity contribution in [2.24, 2.45) is 11.3 Å². The van der Waals surface area contributed by atoms with Gasteiger partial charge < -0.3 is 13.7 Å². The zero-order chi connectivity index (χ0) is 19.5. The molecule has 0 spiro atoms. The standard InChI is InChI=1S/C22H27NO4/c1-12-8-15(12)17-7-6-14(26-17)11-23(5)21(25)20-13(2)19-16(24)9-22(3,4)10-18(19)27-20/h6-7,12,15H,8-11H2,1-5H3/t12-,15+/m1/s1. The molecule has 2 aromatic heterocycles. The molecule has 2 atom stereocenters. The summed E-state index contributed by atoms with van der Waals surface area (Å²) in [5, 5.41) is 0. The summed E-state index contributed by atoms with van der Waals surface area (Å²) in [5.74, 6) is 3.76. The summed E-state index contributed by atoms with van der Waals surface area (Å²) in [6.45, 7) is 8.50. The molecule has 0 unspecified atom stereocenters. The quantitative estimate of drug-likeness (QED) is 0.781. The van der Waals surface area contributed by atoms with Gasteiger partial charge in [0.25, 0.3) is 5.91 Å². The number of amides is 1. The molecule has 1 amide bonds. The molecule has 2 aliphatic carbocycles. The van der Waals surface area contributed by atoms with Gasteiger partial charge in [-0.2, -0.15) is 0 Å². The number of ketones is 1. The van der Waals surface area contributed by atoms with Gasteiger partial charge in [0, 0.05) is 31.4 Å². The van der Waals surface area contributed by atoms with Crippen molar-refractivity contribution in [2.75, 3.05) is 7.05 Å². The number of rotatable bonds is 4. The summed E-state index contributed by atoms with van der Waals surface area (Å²) in [7, 11) is 1.73. The molecule has 5 nitrogen and oxygen atoms in total. The van der Waals surface area contributed by atoms with Crippen molar-refractivity contribution in [1.29, 1.82) is 0 Å². The minimum absolute atomic E-state index is 0.0680. The Hall–Kier alpha value is -2.30. The first-order valence-corrected chi connectivity index (χ1v) is 9.66. The first kappa shape index (κ1) is 18.1. The minimum Gasteiger partial charge on any atom is -0.464 e. The second-order valence-electron chi connectivity index (χ2n) is 9.08. The van der Waals surface area contributed by atoms with Crippen LogP contribution in [0.2, 0.25) is 0 Å². The zero-order valence-electron chi connectivity index (χ0n) is 16.7. The molecule has 0 bridgehead atoms. The summed E-state index contributed by atoms with van der Waals surface area (Å²) in [4.78, 5) is 27.0. The third kappa shape index (κ3) is 3.24. The van der Waals surface area contributed by atoms with Crippen molar-refractivity contribution in [2.45, 2.75) is 59.4 Å². The fourth-order valence-corrected chi connectivity index (χ4v) is 4.16. The van der Waals surface area contributed by atoms with Crippen LogP contribution >= 0.6 is 0 Å². The van der Waals surface area contributed by atoms with E-state index >= 15 is 0 Å². The Morgan fingerprint density at radius 2 is 1.96 bits per heavy atom. The van der Waals surface area contributed by atoms with E-state index in [-0.39, 0.29) is 22.9 Å². The van der Waals surface area contributed by atoms with Crippen molar-refractivity contribution >= 4 is 11.7 Å². The third-order valence-electron chi connectivity index (χ3n) is 5.87. The SMILES string of the molecule is Cc1c(C(=O)N(C)Cc2ccc([C@H]3C[C@H]3C)o2)oc2c1C(=O)CC(C)(C)C2. The van der Waals surface area contributed by atoms with Crippen LogP contribution in [0.25, 0.3) is 0 Å². The Morgan fingerprint density at radius 1 is 1.26 bits per heavy atom. The van der Waals surface area contributed by atoms with Crippen LogP contribution < -0.4 is 0 Å². The topological polar surface area (TPSA) is 63.7 Å². The highest BCUT2D eigenvalue weighted by Crippen LogP contribution is 2.47. The van der Waals surface area contributed by atoms with Crippen LogP contribution in [0.1, 0.15) is 83.3 Å². The van der Waals surface area contributed by atoms with Gasteiger partial charge in [-0.1, -0.05) is 20.8 Å². The van der Waals surface area contributed by atoms with E-state index in [0.717, 1.165) is 11.5 Å². The molecule has 0 aromatic carbocycles. The van der Waals surface area contributed by atoms with Crippen LogP contribution in [0, 0.1) is 18.3 Å². The van der Waals surface area contributed by atoms with E-state index in [1.807, 2.05) is 12.1 Å². The molecule has 4 rings (SSSR count). The Balaban J connectivity index is 1.52. The number of Topliss-reactive ketones (excluding diaryl/α,β-unsaturated/α-hetero) is 1. The molecule has 144 valence electrons. The van der Waals surface area contributed by atoms with Crippen LogP contribution in [0.15, 0.2) is 21.0 Å². The summed E-state index contributed by atoms with van der Waals surface area (Å²) in [6, 6.07) is 3.95. The first-order chi connectivity index (χ1) is 12.7. The van der Waals surface area contributed by atoms with Gasteiger partial charge in [0.15, 0.2) is 11.5 Å². The number of hydrogen-bond donors (Lipinski definition) is 0. The third-order valence-corrected chi connectivity index (χ3v) is 5.87. The predicted octanol–water partition coefficient (Wildman–Crippen LogP) is 4.73. The van der Waals surface area contributed by atoms with Gasteiger partial charge in [0.05, 0.1) is 12.1 Å². The molecule has 2 heterocycles. The van der Waals surface area contributed by atoms with Gasteiger partial charge in [-0.15, -0.1) is 0 Å². The number of carbonyl (C=O) groups excluding carboxylic acids is 2. The highest BCUT2D eigenvalue weighted by atomic mass is 16.4. The van der Waals surface area contributed by atoms with Crippen LogP contribution in [-0.2, 0) is 13.0 Å². The Labute approximate surface area is 159 Å². The lowest BCUT2D eigenvalue weighted by Gasteiger charge is -2.27. The van der Waals surface area contributed by atoms with Gasteiger partial charge >= 0.3 is 0 Å². The number of hydrogen-bond acceptors (Lipinski definition) is 4. The van der Waals surface area contributed by atoms with Gasteiger partial charge in [0.1, 0.15) is 17.3 Å². The summed E-state index contributed by atoms with van der Waals surface area (Å²) < 4.78 is 11.8. The van der Waals surface area contributed by atoms with E-state index in [9.17, 15) is 9.59 Å². The smallest absolute Gasteiger partial charge is 0.290 e. The van der Waals surface area contributed by atoms with E-state index in [1.165, 1.54) is 6.42 Å². The Kier molecular flexibility index (Phi) is 4.09. The molecule has 5 heteroatoms. The van der Waals surface area contributed by atoms with Crippen LogP contribution in [0.3, 0.4) is 0 Å². The monoisotopic (exact) mass is 369 g/mol. The molecule has 27 heavy (non-hydrogen) atoms. The van der Waals surface area contributed by atoms with Crippen LogP contribution in [0.4, 0.5) is 0 Å². The zero-order valence-corrected chi connectivity index (χ0v) is 16.7. The molecule has 0 aliphatic heterocycles. The lowest BCUT2D eigenvalue weighted by atomic mass is 9.76. The normalized spacial score (nSPS) is 23.2. The average molecular weight is 369 g/mol. The van der Waals surface area contributed by atoms with Crippen molar-refractivity contribution in [3.05, 3.63) is 46.3 Å². The Bertz CT molecular complexity index is 917. The second kappa shape index (κ2) is 6.11. The lowest BCUT2D eigenvalue weighted by Crippen LogP contribution is -2.26. The first-order valence-electron chi connectivity index (χ1n) is 9.66. The molecule has 0 radical (unpaired) electrons. The minimum atomic E-state index is -0.217. The number of fused-ring (bicyclic) bond motifs is 1. The van der Waals surface area contributed by atoms with Gasteiger partial charge in [-0.25, -0.2) is 0 Å². The fraction of sp³-hybridized carbons (Fsp3) is 0.545. The highest BCUT2D eigenvalue weighted by Gasteiger charge is 2.38. The van der Waals surface area contributed by atoms with E-state index < -0.39 is 0 Å².